The summed E-state index contributed by atoms with van der Waals surface area (Å²) in [5.41, 5.74) is -0.537. The number of hydrogen-bond donors (Lipinski definition) is 2. The van der Waals surface area contributed by atoms with Gasteiger partial charge in [0.25, 0.3) is 0 Å². The average molecular weight is 261 g/mol. The van der Waals surface area contributed by atoms with Crippen molar-refractivity contribution in [2.75, 3.05) is 40.0 Å². The van der Waals surface area contributed by atoms with E-state index in [9.17, 15) is 10.2 Å². The third-order valence-corrected chi connectivity index (χ3v) is 3.38. The summed E-state index contributed by atoms with van der Waals surface area (Å²) in [6, 6.07) is 0. The minimum atomic E-state index is -0.537. The molecule has 2 N–H and O–H groups in total. The molecule has 0 saturated carbocycles. The van der Waals surface area contributed by atoms with Crippen LogP contribution in [0.2, 0.25) is 0 Å². The molecule has 0 bridgehead atoms. The lowest BCUT2D eigenvalue weighted by molar-refractivity contribution is -0.0522. The Balaban J connectivity index is 2.15. The molecular weight excluding hydrogens is 234 g/mol. The van der Waals surface area contributed by atoms with Gasteiger partial charge in [-0.25, -0.2) is 0 Å². The van der Waals surface area contributed by atoms with Crippen molar-refractivity contribution in [3.05, 3.63) is 0 Å². The first kappa shape index (κ1) is 15.9. The van der Waals surface area contributed by atoms with Crippen LogP contribution in [0.15, 0.2) is 0 Å². The fraction of sp³-hybridized carbons (Fsp3) is 1.00. The number of aliphatic hydroxyl groups excluding tert-OH is 1. The summed E-state index contributed by atoms with van der Waals surface area (Å²) in [6.45, 7) is 6.94. The molecule has 1 aliphatic rings. The molecule has 1 heterocycles. The van der Waals surface area contributed by atoms with E-state index >= 15 is 0 Å². The summed E-state index contributed by atoms with van der Waals surface area (Å²) in [6.07, 6.45) is 1.06. The van der Waals surface area contributed by atoms with Crippen LogP contribution in [0.3, 0.4) is 0 Å². The molecule has 5 nitrogen and oxygen atoms in total. The van der Waals surface area contributed by atoms with Crippen LogP contribution in [0.25, 0.3) is 0 Å². The van der Waals surface area contributed by atoms with Gasteiger partial charge in [-0.05, 0) is 26.7 Å². The molecule has 0 aromatic heterocycles. The zero-order chi connectivity index (χ0) is 13.6. The quantitative estimate of drug-likeness (QED) is 0.688. The Bertz CT molecular complexity index is 225. The van der Waals surface area contributed by atoms with Crippen LogP contribution in [0.1, 0.15) is 26.7 Å². The highest BCUT2D eigenvalue weighted by Crippen LogP contribution is 2.20. The lowest BCUT2D eigenvalue weighted by Crippen LogP contribution is -2.46. The third-order valence-electron chi connectivity index (χ3n) is 3.38. The van der Waals surface area contributed by atoms with Gasteiger partial charge in [0, 0.05) is 26.7 Å². The van der Waals surface area contributed by atoms with Crippen LogP contribution in [0.4, 0.5) is 0 Å². The number of hydrogen-bond acceptors (Lipinski definition) is 5. The molecule has 0 aromatic rings. The molecule has 1 rings (SSSR count). The number of likely N-dealkylation sites (tertiary alicyclic amines) is 1. The lowest BCUT2D eigenvalue weighted by atomic mass is 9.94. The Kier molecular flexibility index (Phi) is 6.52. The van der Waals surface area contributed by atoms with Crippen LogP contribution in [-0.2, 0) is 9.47 Å². The predicted octanol–water partition coefficient (Wildman–Crippen LogP) is 0.246. The molecule has 5 heteroatoms. The van der Waals surface area contributed by atoms with Gasteiger partial charge in [-0.15, -0.1) is 0 Å². The van der Waals surface area contributed by atoms with Crippen molar-refractivity contribution in [2.24, 2.45) is 0 Å². The summed E-state index contributed by atoms with van der Waals surface area (Å²) in [5, 5.41) is 19.7. The fourth-order valence-corrected chi connectivity index (χ4v) is 2.13. The fourth-order valence-electron chi connectivity index (χ4n) is 2.13. The Morgan fingerprint density at radius 3 is 2.44 bits per heavy atom. The van der Waals surface area contributed by atoms with Crippen LogP contribution in [-0.4, -0.2) is 72.9 Å². The second-order valence-electron chi connectivity index (χ2n) is 5.55. The van der Waals surface area contributed by atoms with Crippen molar-refractivity contribution < 1.29 is 19.7 Å². The number of β-amino-alcohol motifs (C(OH)–C–C–N with tert-alkyl or cyclic N) is 1. The van der Waals surface area contributed by atoms with Crippen LogP contribution in [0.5, 0.6) is 0 Å². The monoisotopic (exact) mass is 261 g/mol. The molecule has 1 fully saturated rings. The zero-order valence-electron chi connectivity index (χ0n) is 11.8. The second-order valence-corrected chi connectivity index (χ2v) is 5.55. The smallest absolute Gasteiger partial charge is 0.0900 e. The first-order valence-electron chi connectivity index (χ1n) is 6.66. The minimum absolute atomic E-state index is 0.00624. The number of aliphatic hydroxyl groups is 2. The van der Waals surface area contributed by atoms with Gasteiger partial charge in [-0.1, -0.05) is 0 Å². The predicted molar refractivity (Wildman–Crippen MR) is 69.6 cm³/mol. The van der Waals surface area contributed by atoms with E-state index in [0.717, 1.165) is 25.9 Å². The Morgan fingerprint density at radius 1 is 1.28 bits per heavy atom. The van der Waals surface area contributed by atoms with Crippen molar-refractivity contribution in [1.29, 1.82) is 0 Å². The highest BCUT2D eigenvalue weighted by atomic mass is 16.5. The maximum absolute atomic E-state index is 9.88. The SMILES string of the molecule is COCC(C)OCC(O)CN1CCC(C)(O)CC1. The van der Waals surface area contributed by atoms with Crippen LogP contribution < -0.4 is 0 Å². The van der Waals surface area contributed by atoms with Gasteiger partial charge < -0.3 is 24.6 Å². The van der Waals surface area contributed by atoms with Crippen molar-refractivity contribution in [2.45, 2.75) is 44.5 Å². The molecule has 108 valence electrons. The van der Waals surface area contributed by atoms with E-state index in [1.807, 2.05) is 13.8 Å². The highest BCUT2D eigenvalue weighted by Gasteiger charge is 2.28. The van der Waals surface area contributed by atoms with Gasteiger partial charge in [0.2, 0.25) is 0 Å². The summed E-state index contributed by atoms with van der Waals surface area (Å²) in [5.74, 6) is 0. The molecule has 1 aliphatic heterocycles. The van der Waals surface area contributed by atoms with E-state index in [1.54, 1.807) is 7.11 Å². The standard InChI is InChI=1S/C13H27NO4/c1-11(9-17-3)18-10-12(15)8-14-6-4-13(2,16)5-7-14/h11-12,15-16H,4-10H2,1-3H3. The number of methoxy groups -OCH3 is 1. The zero-order valence-corrected chi connectivity index (χ0v) is 11.8. The maximum Gasteiger partial charge on any atom is 0.0900 e. The molecule has 0 spiro atoms. The van der Waals surface area contributed by atoms with Gasteiger partial charge in [0.15, 0.2) is 0 Å². The lowest BCUT2D eigenvalue weighted by Gasteiger charge is -2.36. The van der Waals surface area contributed by atoms with Crippen LogP contribution >= 0.6 is 0 Å². The van der Waals surface area contributed by atoms with E-state index in [-0.39, 0.29) is 6.10 Å². The van der Waals surface area contributed by atoms with Gasteiger partial charge >= 0.3 is 0 Å². The summed E-state index contributed by atoms with van der Waals surface area (Å²) in [7, 11) is 1.63. The number of ether oxygens (including phenoxy) is 2. The largest absolute Gasteiger partial charge is 0.390 e. The summed E-state index contributed by atoms with van der Waals surface area (Å²) < 4.78 is 10.4. The van der Waals surface area contributed by atoms with Crippen molar-refractivity contribution in [1.82, 2.24) is 4.90 Å². The van der Waals surface area contributed by atoms with Crippen molar-refractivity contribution >= 4 is 0 Å². The molecule has 1 saturated heterocycles. The molecule has 2 atom stereocenters. The van der Waals surface area contributed by atoms with E-state index in [1.165, 1.54) is 0 Å². The Labute approximate surface area is 110 Å². The highest BCUT2D eigenvalue weighted by molar-refractivity contribution is 4.82. The average Bonchev–Trinajstić information content (AvgIpc) is 2.30. The number of nitrogens with zero attached hydrogens (tertiary/aromatic N) is 1. The molecule has 18 heavy (non-hydrogen) atoms. The van der Waals surface area contributed by atoms with Gasteiger partial charge in [-0.2, -0.15) is 0 Å². The van der Waals surface area contributed by atoms with Crippen molar-refractivity contribution in [3.63, 3.8) is 0 Å². The molecular formula is C13H27NO4. The second kappa shape index (κ2) is 7.40. The van der Waals surface area contributed by atoms with Gasteiger partial charge in [-0.3, -0.25) is 0 Å². The van der Waals surface area contributed by atoms with E-state index in [4.69, 9.17) is 9.47 Å². The number of piperidine rings is 1. The van der Waals surface area contributed by atoms with Gasteiger partial charge in [0.05, 0.1) is 31.0 Å². The Hall–Kier alpha value is -0.200. The minimum Gasteiger partial charge on any atom is -0.390 e. The summed E-state index contributed by atoms with van der Waals surface area (Å²) >= 11 is 0. The Morgan fingerprint density at radius 2 is 1.89 bits per heavy atom. The van der Waals surface area contributed by atoms with Crippen molar-refractivity contribution in [3.8, 4) is 0 Å². The van der Waals surface area contributed by atoms with E-state index in [0.29, 0.717) is 19.8 Å². The molecule has 0 amide bonds. The van der Waals surface area contributed by atoms with E-state index in [2.05, 4.69) is 4.90 Å². The van der Waals surface area contributed by atoms with E-state index < -0.39 is 11.7 Å². The topological polar surface area (TPSA) is 62.2 Å². The first-order valence-corrected chi connectivity index (χ1v) is 6.66. The normalized spacial score (nSPS) is 23.8. The molecule has 2 unspecified atom stereocenters. The first-order chi connectivity index (χ1) is 8.43. The molecule has 0 aliphatic carbocycles. The summed E-state index contributed by atoms with van der Waals surface area (Å²) in [4.78, 5) is 2.17. The number of rotatable bonds is 7. The maximum atomic E-state index is 9.88. The molecule has 0 radical (unpaired) electrons. The van der Waals surface area contributed by atoms with Gasteiger partial charge in [0.1, 0.15) is 0 Å². The van der Waals surface area contributed by atoms with Crippen LogP contribution in [0, 0.1) is 0 Å². The third kappa shape index (κ3) is 6.11. The molecule has 0 aromatic carbocycles.